The maximum absolute atomic E-state index is 4.63. The van der Waals surface area contributed by atoms with E-state index in [1.165, 1.54) is 25.7 Å². The first-order chi connectivity index (χ1) is 8.65. The third-order valence-corrected chi connectivity index (χ3v) is 3.38. The minimum atomic E-state index is 0.517. The fourth-order valence-electron chi connectivity index (χ4n) is 2.09. The van der Waals surface area contributed by atoms with E-state index in [0.717, 1.165) is 24.7 Å². The molecule has 3 nitrogen and oxygen atoms in total. The van der Waals surface area contributed by atoms with Gasteiger partial charge in [0.2, 0.25) is 0 Å². The molecule has 1 unspecified atom stereocenters. The third kappa shape index (κ3) is 5.67. The van der Waals surface area contributed by atoms with E-state index < -0.39 is 0 Å². The Morgan fingerprint density at radius 2 is 2.11 bits per heavy atom. The van der Waals surface area contributed by atoms with Crippen LogP contribution in [0.2, 0.25) is 0 Å². The number of hydrogen-bond donors (Lipinski definition) is 1. The van der Waals surface area contributed by atoms with Crippen molar-refractivity contribution in [3.63, 3.8) is 0 Å². The molecule has 1 rings (SSSR count). The fraction of sp³-hybridized carbons (Fsp3) is 0.800. The summed E-state index contributed by atoms with van der Waals surface area (Å²) in [4.78, 5) is 0. The summed E-state index contributed by atoms with van der Waals surface area (Å²) in [5.74, 6) is 0.774. The topological polar surface area (TPSA) is 29.9 Å². The van der Waals surface area contributed by atoms with Crippen LogP contribution in [0.1, 0.15) is 59.1 Å². The molecule has 0 fully saturated rings. The lowest BCUT2D eigenvalue weighted by Crippen LogP contribution is -2.22. The van der Waals surface area contributed by atoms with Gasteiger partial charge in [0.25, 0.3) is 0 Å². The molecule has 0 saturated carbocycles. The van der Waals surface area contributed by atoms with Crippen LogP contribution in [0.15, 0.2) is 12.3 Å². The zero-order chi connectivity index (χ0) is 13.4. The predicted octanol–water partition coefficient (Wildman–Crippen LogP) is 3.60. The number of rotatable bonds is 9. The third-order valence-electron chi connectivity index (χ3n) is 3.38. The molecule has 0 aliphatic carbocycles. The zero-order valence-electron chi connectivity index (χ0n) is 12.4. The van der Waals surface area contributed by atoms with Crippen LogP contribution in [0.4, 0.5) is 0 Å². The van der Waals surface area contributed by atoms with Crippen LogP contribution in [0.25, 0.3) is 0 Å². The molecule has 1 aromatic heterocycles. The molecule has 0 aromatic carbocycles. The molecular weight excluding hydrogens is 222 g/mol. The second kappa shape index (κ2) is 8.30. The van der Waals surface area contributed by atoms with Crippen molar-refractivity contribution in [1.82, 2.24) is 15.1 Å². The highest BCUT2D eigenvalue weighted by Crippen LogP contribution is 2.14. The van der Waals surface area contributed by atoms with E-state index in [0.29, 0.717) is 6.04 Å². The van der Waals surface area contributed by atoms with Crippen molar-refractivity contribution >= 4 is 0 Å². The van der Waals surface area contributed by atoms with E-state index in [4.69, 9.17) is 0 Å². The molecule has 1 atom stereocenters. The van der Waals surface area contributed by atoms with Gasteiger partial charge in [0.1, 0.15) is 0 Å². The Morgan fingerprint density at radius 3 is 2.72 bits per heavy atom. The van der Waals surface area contributed by atoms with Crippen molar-refractivity contribution < 1.29 is 0 Å². The SMILES string of the molecule is CCCCC(CC)Cn1ccc(CNC(C)C)n1. The molecule has 1 N–H and O–H groups in total. The Bertz CT molecular complexity index is 317. The van der Waals surface area contributed by atoms with Gasteiger partial charge in [0, 0.05) is 25.3 Å². The van der Waals surface area contributed by atoms with E-state index in [-0.39, 0.29) is 0 Å². The predicted molar refractivity (Wildman–Crippen MR) is 77.5 cm³/mol. The molecule has 0 spiro atoms. The Morgan fingerprint density at radius 1 is 1.33 bits per heavy atom. The molecule has 104 valence electrons. The standard InChI is InChI=1S/C15H29N3/c1-5-7-8-14(6-2)12-18-10-9-15(17-18)11-16-13(3)4/h9-10,13-14,16H,5-8,11-12H2,1-4H3. The minimum absolute atomic E-state index is 0.517. The van der Waals surface area contributed by atoms with Gasteiger partial charge in [0.15, 0.2) is 0 Å². The van der Waals surface area contributed by atoms with Crippen molar-refractivity contribution in [2.45, 2.75) is 72.5 Å². The van der Waals surface area contributed by atoms with Gasteiger partial charge < -0.3 is 5.32 Å². The molecule has 3 heteroatoms. The second-order valence-corrected chi connectivity index (χ2v) is 5.48. The summed E-state index contributed by atoms with van der Waals surface area (Å²) in [5, 5.41) is 8.03. The van der Waals surface area contributed by atoms with Crippen LogP contribution >= 0.6 is 0 Å². The highest BCUT2D eigenvalue weighted by molar-refractivity contribution is 4.98. The average molecular weight is 251 g/mol. The molecule has 1 heterocycles. The van der Waals surface area contributed by atoms with Gasteiger partial charge in [0.05, 0.1) is 5.69 Å². The van der Waals surface area contributed by atoms with Gasteiger partial charge in [-0.25, -0.2) is 0 Å². The summed E-state index contributed by atoms with van der Waals surface area (Å²) in [6.07, 6.45) is 7.32. The Balaban J connectivity index is 2.41. The van der Waals surface area contributed by atoms with Crippen LogP contribution in [-0.4, -0.2) is 15.8 Å². The van der Waals surface area contributed by atoms with E-state index in [1.54, 1.807) is 0 Å². The first-order valence-corrected chi connectivity index (χ1v) is 7.41. The summed E-state index contributed by atoms with van der Waals surface area (Å²) >= 11 is 0. The van der Waals surface area contributed by atoms with Crippen LogP contribution < -0.4 is 5.32 Å². The second-order valence-electron chi connectivity index (χ2n) is 5.48. The highest BCUT2D eigenvalue weighted by Gasteiger charge is 2.08. The van der Waals surface area contributed by atoms with Gasteiger partial charge in [-0.3, -0.25) is 4.68 Å². The molecule has 0 radical (unpaired) electrons. The van der Waals surface area contributed by atoms with Crippen molar-refractivity contribution in [3.8, 4) is 0 Å². The van der Waals surface area contributed by atoms with Crippen molar-refractivity contribution in [2.75, 3.05) is 0 Å². The van der Waals surface area contributed by atoms with E-state index in [2.05, 4.69) is 55.1 Å². The van der Waals surface area contributed by atoms with E-state index >= 15 is 0 Å². The lowest BCUT2D eigenvalue weighted by molar-refractivity contribution is 0.370. The van der Waals surface area contributed by atoms with Crippen LogP contribution in [-0.2, 0) is 13.1 Å². The van der Waals surface area contributed by atoms with Gasteiger partial charge in [-0.05, 0) is 18.4 Å². The minimum Gasteiger partial charge on any atom is -0.309 e. The van der Waals surface area contributed by atoms with Crippen LogP contribution in [0.5, 0.6) is 0 Å². The molecule has 1 aromatic rings. The van der Waals surface area contributed by atoms with Gasteiger partial charge in [-0.1, -0.05) is 47.0 Å². The molecular formula is C15H29N3. The summed E-state index contributed by atoms with van der Waals surface area (Å²) in [5.41, 5.74) is 1.15. The highest BCUT2D eigenvalue weighted by atomic mass is 15.3. The lowest BCUT2D eigenvalue weighted by atomic mass is 10.00. The van der Waals surface area contributed by atoms with E-state index in [1.807, 2.05) is 0 Å². The summed E-state index contributed by atoms with van der Waals surface area (Å²) in [7, 11) is 0. The van der Waals surface area contributed by atoms with Crippen molar-refractivity contribution in [1.29, 1.82) is 0 Å². The molecule has 18 heavy (non-hydrogen) atoms. The fourth-order valence-corrected chi connectivity index (χ4v) is 2.09. The van der Waals surface area contributed by atoms with Gasteiger partial charge in [-0.15, -0.1) is 0 Å². The molecule has 0 aliphatic heterocycles. The van der Waals surface area contributed by atoms with Crippen LogP contribution in [0, 0.1) is 5.92 Å². The van der Waals surface area contributed by atoms with Crippen molar-refractivity contribution in [3.05, 3.63) is 18.0 Å². The Hall–Kier alpha value is -0.830. The number of hydrogen-bond acceptors (Lipinski definition) is 2. The summed E-state index contributed by atoms with van der Waals surface area (Å²) in [6.45, 7) is 10.8. The quantitative estimate of drug-likeness (QED) is 0.727. The smallest absolute Gasteiger partial charge is 0.0762 e. The monoisotopic (exact) mass is 251 g/mol. The molecule has 0 saturated heterocycles. The van der Waals surface area contributed by atoms with Crippen LogP contribution in [0.3, 0.4) is 0 Å². The number of unbranched alkanes of at least 4 members (excludes halogenated alkanes) is 1. The zero-order valence-corrected chi connectivity index (χ0v) is 12.4. The summed E-state index contributed by atoms with van der Waals surface area (Å²) in [6, 6.07) is 2.64. The van der Waals surface area contributed by atoms with Gasteiger partial charge in [-0.2, -0.15) is 5.10 Å². The largest absolute Gasteiger partial charge is 0.309 e. The van der Waals surface area contributed by atoms with Crippen molar-refractivity contribution in [2.24, 2.45) is 5.92 Å². The number of nitrogens with zero attached hydrogens (tertiary/aromatic N) is 2. The maximum Gasteiger partial charge on any atom is 0.0762 e. The lowest BCUT2D eigenvalue weighted by Gasteiger charge is -2.14. The number of aromatic nitrogens is 2. The summed E-state index contributed by atoms with van der Waals surface area (Å²) < 4.78 is 2.11. The molecule has 0 aliphatic rings. The first kappa shape index (κ1) is 15.2. The normalized spacial score (nSPS) is 13.2. The first-order valence-electron chi connectivity index (χ1n) is 7.41. The Labute approximate surface area is 112 Å². The Kier molecular flexibility index (Phi) is 7.02. The maximum atomic E-state index is 4.63. The molecule has 0 amide bonds. The average Bonchev–Trinajstić information content (AvgIpc) is 2.79. The van der Waals surface area contributed by atoms with E-state index in [9.17, 15) is 0 Å². The number of nitrogens with one attached hydrogen (secondary N) is 1. The molecule has 0 bridgehead atoms. The van der Waals surface area contributed by atoms with Gasteiger partial charge >= 0.3 is 0 Å².